The minimum absolute atomic E-state index is 0.108. The second-order valence-electron chi connectivity index (χ2n) is 6.89. The first-order chi connectivity index (χ1) is 15.4. The number of nitrogens with zero attached hydrogens (tertiary/aromatic N) is 5. The zero-order valence-electron chi connectivity index (χ0n) is 17.6. The van der Waals surface area contributed by atoms with E-state index in [2.05, 4.69) is 21.6 Å². The number of rotatable bonds is 8. The molecule has 1 aromatic heterocycles. The Morgan fingerprint density at radius 2 is 2.09 bits per heavy atom. The van der Waals surface area contributed by atoms with Gasteiger partial charge in [-0.3, -0.25) is 14.2 Å². The highest BCUT2D eigenvalue weighted by Crippen LogP contribution is 2.26. The van der Waals surface area contributed by atoms with Gasteiger partial charge in [-0.1, -0.05) is 29.4 Å². The van der Waals surface area contributed by atoms with E-state index in [0.29, 0.717) is 21.6 Å². The number of anilines is 2. The Morgan fingerprint density at radius 3 is 2.81 bits per heavy atom. The van der Waals surface area contributed by atoms with Gasteiger partial charge in [0.15, 0.2) is 5.16 Å². The molecule has 0 radical (unpaired) electrons. The van der Waals surface area contributed by atoms with Crippen LogP contribution in [0.25, 0.3) is 5.69 Å². The number of aryl methyl sites for hydroxylation is 1. The predicted octanol–water partition coefficient (Wildman–Crippen LogP) is 4.23. The fourth-order valence-electron chi connectivity index (χ4n) is 3.00. The molecule has 0 saturated carbocycles. The van der Waals surface area contributed by atoms with E-state index in [-0.39, 0.29) is 30.5 Å². The third-order valence-corrected chi connectivity index (χ3v) is 5.84. The van der Waals surface area contributed by atoms with Gasteiger partial charge in [0.1, 0.15) is 6.33 Å². The number of halogens is 1. The van der Waals surface area contributed by atoms with Gasteiger partial charge in [-0.05, 0) is 48.9 Å². The van der Waals surface area contributed by atoms with E-state index < -0.39 is 0 Å². The molecule has 0 fully saturated rings. The lowest BCUT2D eigenvalue weighted by Crippen LogP contribution is -2.33. The molecule has 0 bridgehead atoms. The number of hydrogen-bond donors (Lipinski definition) is 1. The average molecular weight is 469 g/mol. The lowest BCUT2D eigenvalue weighted by molar-refractivity contribution is -0.116. The number of nitriles is 1. The SMILES string of the molecule is CC(=O)Nc1cccc(-n2cnnc2SCC(=O)N(CCC#N)c2ccc(Cl)c(C)c2)c1. The van der Waals surface area contributed by atoms with Crippen molar-refractivity contribution in [1.29, 1.82) is 5.26 Å². The monoisotopic (exact) mass is 468 g/mol. The van der Waals surface area contributed by atoms with Crippen LogP contribution in [-0.4, -0.2) is 38.9 Å². The van der Waals surface area contributed by atoms with Crippen LogP contribution in [0.1, 0.15) is 18.9 Å². The first-order valence-electron chi connectivity index (χ1n) is 9.73. The van der Waals surface area contributed by atoms with Gasteiger partial charge in [-0.15, -0.1) is 10.2 Å². The van der Waals surface area contributed by atoms with Crippen LogP contribution in [0.4, 0.5) is 11.4 Å². The molecule has 0 saturated heterocycles. The summed E-state index contributed by atoms with van der Waals surface area (Å²) in [5.41, 5.74) is 2.95. The Kier molecular flexibility index (Phi) is 7.87. The van der Waals surface area contributed by atoms with E-state index >= 15 is 0 Å². The third kappa shape index (κ3) is 5.87. The largest absolute Gasteiger partial charge is 0.326 e. The average Bonchev–Trinajstić information content (AvgIpc) is 3.23. The van der Waals surface area contributed by atoms with Crippen LogP contribution >= 0.6 is 23.4 Å². The van der Waals surface area contributed by atoms with Gasteiger partial charge in [0.05, 0.1) is 23.9 Å². The Morgan fingerprint density at radius 1 is 1.28 bits per heavy atom. The Balaban J connectivity index is 1.76. The predicted molar refractivity (Wildman–Crippen MR) is 125 cm³/mol. The topological polar surface area (TPSA) is 104 Å². The fraction of sp³-hybridized carbons (Fsp3) is 0.227. The summed E-state index contributed by atoms with van der Waals surface area (Å²) in [6, 6.07) is 14.7. The summed E-state index contributed by atoms with van der Waals surface area (Å²) in [5, 5.41) is 21.0. The molecule has 10 heteroatoms. The highest BCUT2D eigenvalue weighted by atomic mass is 35.5. The lowest BCUT2D eigenvalue weighted by Gasteiger charge is -2.22. The maximum absolute atomic E-state index is 13.0. The molecule has 0 aliphatic heterocycles. The minimum atomic E-state index is -0.166. The molecule has 2 amide bonds. The van der Waals surface area contributed by atoms with Crippen molar-refractivity contribution in [1.82, 2.24) is 14.8 Å². The number of amides is 2. The highest BCUT2D eigenvalue weighted by molar-refractivity contribution is 7.99. The molecule has 1 N–H and O–H groups in total. The molecule has 2 aromatic carbocycles. The zero-order chi connectivity index (χ0) is 23.1. The number of aromatic nitrogens is 3. The molecule has 0 aliphatic carbocycles. The summed E-state index contributed by atoms with van der Waals surface area (Å²) < 4.78 is 1.75. The number of carbonyl (C=O) groups excluding carboxylic acids is 2. The molecule has 3 aromatic rings. The van der Waals surface area contributed by atoms with Crippen LogP contribution in [-0.2, 0) is 9.59 Å². The maximum atomic E-state index is 13.0. The Labute approximate surface area is 195 Å². The zero-order valence-corrected chi connectivity index (χ0v) is 19.2. The van der Waals surface area contributed by atoms with Crippen molar-refractivity contribution in [3.8, 4) is 11.8 Å². The van der Waals surface area contributed by atoms with Crippen LogP contribution in [0.15, 0.2) is 53.9 Å². The highest BCUT2D eigenvalue weighted by Gasteiger charge is 2.18. The molecule has 1 heterocycles. The standard InChI is InChI=1S/C22H21ClN6O2S/c1-15-11-19(7-8-20(15)23)28(10-4-9-24)21(31)13-32-22-27-25-14-29(22)18-6-3-5-17(12-18)26-16(2)30/h3,5-8,11-12,14H,4,10,13H2,1-2H3,(H,26,30). The summed E-state index contributed by atoms with van der Waals surface area (Å²) >= 11 is 7.35. The van der Waals surface area contributed by atoms with Crippen LogP contribution < -0.4 is 10.2 Å². The van der Waals surface area contributed by atoms with E-state index in [1.54, 1.807) is 40.1 Å². The lowest BCUT2D eigenvalue weighted by atomic mass is 10.2. The molecule has 8 nitrogen and oxygen atoms in total. The van der Waals surface area contributed by atoms with Crippen LogP contribution in [0, 0.1) is 18.3 Å². The smallest absolute Gasteiger partial charge is 0.237 e. The van der Waals surface area contributed by atoms with E-state index in [1.165, 1.54) is 18.7 Å². The van der Waals surface area contributed by atoms with Crippen LogP contribution in [0.5, 0.6) is 0 Å². The van der Waals surface area contributed by atoms with Gasteiger partial charge in [0, 0.05) is 29.9 Å². The fourth-order valence-corrected chi connectivity index (χ4v) is 3.92. The summed E-state index contributed by atoms with van der Waals surface area (Å²) in [6.07, 6.45) is 1.76. The summed E-state index contributed by atoms with van der Waals surface area (Å²) in [4.78, 5) is 25.9. The van der Waals surface area contributed by atoms with Crippen molar-refractivity contribution in [3.05, 3.63) is 59.4 Å². The third-order valence-electron chi connectivity index (χ3n) is 4.49. The first kappa shape index (κ1) is 23.3. The number of carbonyl (C=O) groups is 2. The van der Waals surface area contributed by atoms with Crippen molar-refractivity contribution in [2.24, 2.45) is 0 Å². The van der Waals surface area contributed by atoms with Crippen molar-refractivity contribution in [2.45, 2.75) is 25.4 Å². The molecular weight excluding hydrogens is 448 g/mol. The van der Waals surface area contributed by atoms with Gasteiger partial charge in [-0.2, -0.15) is 5.26 Å². The first-order valence-corrected chi connectivity index (χ1v) is 11.1. The van der Waals surface area contributed by atoms with Crippen LogP contribution in [0.3, 0.4) is 0 Å². The number of nitrogens with one attached hydrogen (secondary N) is 1. The van der Waals surface area contributed by atoms with Gasteiger partial charge in [0.2, 0.25) is 11.8 Å². The molecule has 3 rings (SSSR count). The maximum Gasteiger partial charge on any atom is 0.237 e. The Hall–Kier alpha value is -3.35. The summed E-state index contributed by atoms with van der Waals surface area (Å²) in [7, 11) is 0. The molecule has 0 atom stereocenters. The molecule has 0 aliphatic rings. The van der Waals surface area contributed by atoms with Crippen molar-refractivity contribution < 1.29 is 9.59 Å². The summed E-state index contributed by atoms with van der Waals surface area (Å²) in [5.74, 6) is -0.216. The number of thioether (sulfide) groups is 1. The van der Waals surface area contributed by atoms with Crippen LogP contribution in [0.2, 0.25) is 5.02 Å². The molecular formula is C22H21ClN6O2S. The van der Waals surface area contributed by atoms with E-state index in [0.717, 1.165) is 11.3 Å². The summed E-state index contributed by atoms with van der Waals surface area (Å²) in [6.45, 7) is 3.59. The van der Waals surface area contributed by atoms with E-state index in [4.69, 9.17) is 16.9 Å². The van der Waals surface area contributed by atoms with Gasteiger partial charge >= 0.3 is 0 Å². The molecule has 164 valence electrons. The number of benzene rings is 2. The second kappa shape index (κ2) is 10.8. The van der Waals surface area contributed by atoms with Gasteiger partial charge < -0.3 is 10.2 Å². The van der Waals surface area contributed by atoms with Crippen molar-refractivity contribution >= 4 is 46.6 Å². The molecule has 0 spiro atoms. The normalized spacial score (nSPS) is 10.4. The Bertz CT molecular complexity index is 1170. The van der Waals surface area contributed by atoms with Crippen molar-refractivity contribution in [2.75, 3.05) is 22.5 Å². The van der Waals surface area contributed by atoms with E-state index in [9.17, 15) is 9.59 Å². The minimum Gasteiger partial charge on any atom is -0.326 e. The van der Waals surface area contributed by atoms with Crippen molar-refractivity contribution in [3.63, 3.8) is 0 Å². The van der Waals surface area contributed by atoms with Gasteiger partial charge in [-0.25, -0.2) is 0 Å². The molecule has 0 unspecified atom stereocenters. The molecule has 32 heavy (non-hydrogen) atoms. The second-order valence-corrected chi connectivity index (χ2v) is 8.24. The van der Waals surface area contributed by atoms with E-state index in [1.807, 2.05) is 25.1 Å². The number of hydrogen-bond acceptors (Lipinski definition) is 6. The van der Waals surface area contributed by atoms with Gasteiger partial charge in [0.25, 0.3) is 0 Å². The quantitative estimate of drug-likeness (QED) is 0.496.